The fourth-order valence-corrected chi connectivity index (χ4v) is 4.38. The smallest absolute Gasteiger partial charge is 0.370 e. The largest absolute Gasteiger partial charge is 0.461 e. The first kappa shape index (κ1) is 27.2. The van der Waals surface area contributed by atoms with E-state index in [0.717, 1.165) is 5.56 Å². The number of carbonyl (C=O) groups excluding carboxylic acids is 3. The SMILES string of the molecule is C=C(c1ccccc1)[C@@H]1N(C)C(=O)[C@H](C(C)C)N1C(=O)c1cc(Cl)ccc1N/N=C(\Cl)C(=O)OCC. The van der Waals surface area contributed by atoms with Crippen LogP contribution in [0.3, 0.4) is 0 Å². The summed E-state index contributed by atoms with van der Waals surface area (Å²) in [5, 5.41) is 3.72. The van der Waals surface area contributed by atoms with E-state index in [-0.39, 0.29) is 29.7 Å². The minimum absolute atomic E-state index is 0.134. The fraction of sp³-hybridized carbons (Fsp3) is 0.308. The molecule has 1 aliphatic rings. The van der Waals surface area contributed by atoms with Crippen molar-refractivity contribution in [3.63, 3.8) is 0 Å². The number of likely N-dealkylation sites (N-methyl/N-ethyl adjacent to an activating group) is 1. The van der Waals surface area contributed by atoms with Crippen molar-refractivity contribution in [2.75, 3.05) is 19.1 Å². The molecule has 1 heterocycles. The van der Waals surface area contributed by atoms with Crippen molar-refractivity contribution in [2.45, 2.75) is 33.0 Å². The first-order valence-electron chi connectivity index (χ1n) is 11.4. The molecule has 36 heavy (non-hydrogen) atoms. The molecule has 0 aliphatic carbocycles. The number of hydrazone groups is 1. The van der Waals surface area contributed by atoms with Crippen molar-refractivity contribution in [1.29, 1.82) is 0 Å². The number of nitrogens with one attached hydrogen (secondary N) is 1. The number of carbonyl (C=O) groups is 3. The predicted molar refractivity (Wildman–Crippen MR) is 142 cm³/mol. The van der Waals surface area contributed by atoms with Crippen molar-refractivity contribution >= 4 is 57.4 Å². The summed E-state index contributed by atoms with van der Waals surface area (Å²) in [5.41, 5.74) is 4.46. The van der Waals surface area contributed by atoms with Crippen LogP contribution in [0.15, 0.2) is 60.2 Å². The van der Waals surface area contributed by atoms with Gasteiger partial charge in [-0.1, -0.05) is 74.0 Å². The molecule has 1 saturated heterocycles. The van der Waals surface area contributed by atoms with Crippen LogP contribution in [0.25, 0.3) is 5.57 Å². The van der Waals surface area contributed by atoms with Crippen LogP contribution >= 0.6 is 23.2 Å². The Kier molecular flexibility index (Phi) is 8.76. The molecule has 0 spiro atoms. The second-order valence-electron chi connectivity index (χ2n) is 8.54. The normalized spacial score (nSPS) is 18.0. The molecule has 2 aromatic rings. The van der Waals surface area contributed by atoms with Crippen molar-refractivity contribution in [1.82, 2.24) is 9.80 Å². The van der Waals surface area contributed by atoms with Crippen LogP contribution in [0.4, 0.5) is 5.69 Å². The second-order valence-corrected chi connectivity index (χ2v) is 9.33. The maximum absolute atomic E-state index is 14.1. The summed E-state index contributed by atoms with van der Waals surface area (Å²) in [7, 11) is 1.66. The van der Waals surface area contributed by atoms with Gasteiger partial charge in [-0.25, -0.2) is 4.79 Å². The lowest BCUT2D eigenvalue weighted by atomic mass is 9.99. The first-order valence-corrected chi connectivity index (χ1v) is 12.1. The van der Waals surface area contributed by atoms with Crippen LogP contribution < -0.4 is 5.43 Å². The molecule has 0 saturated carbocycles. The summed E-state index contributed by atoms with van der Waals surface area (Å²) in [5.74, 6) is -1.63. The van der Waals surface area contributed by atoms with E-state index >= 15 is 0 Å². The molecule has 8 nitrogen and oxygen atoms in total. The zero-order valence-corrected chi connectivity index (χ0v) is 22.0. The highest BCUT2D eigenvalue weighted by Crippen LogP contribution is 2.36. The number of nitrogens with zero attached hydrogens (tertiary/aromatic N) is 3. The molecule has 0 bridgehead atoms. The van der Waals surface area contributed by atoms with E-state index in [4.69, 9.17) is 27.9 Å². The Bertz CT molecular complexity index is 1200. The third-order valence-electron chi connectivity index (χ3n) is 5.78. The molecule has 1 aliphatic heterocycles. The van der Waals surface area contributed by atoms with Crippen molar-refractivity contribution < 1.29 is 19.1 Å². The second kappa shape index (κ2) is 11.6. The number of rotatable bonds is 8. The summed E-state index contributed by atoms with van der Waals surface area (Å²) in [6.07, 6.45) is -0.724. The van der Waals surface area contributed by atoms with Gasteiger partial charge in [0.15, 0.2) is 0 Å². The van der Waals surface area contributed by atoms with Crippen LogP contribution in [0.1, 0.15) is 36.7 Å². The Morgan fingerprint density at radius 2 is 1.86 bits per heavy atom. The Morgan fingerprint density at radius 3 is 2.47 bits per heavy atom. The van der Waals surface area contributed by atoms with E-state index in [1.807, 2.05) is 44.2 Å². The average Bonchev–Trinajstić information content (AvgIpc) is 3.13. The van der Waals surface area contributed by atoms with Crippen LogP contribution in [0.2, 0.25) is 5.02 Å². The van der Waals surface area contributed by atoms with Gasteiger partial charge in [-0.3, -0.25) is 15.0 Å². The maximum Gasteiger partial charge on any atom is 0.370 e. The molecule has 1 N–H and O–H groups in total. The number of anilines is 1. The van der Waals surface area contributed by atoms with Gasteiger partial charge < -0.3 is 14.5 Å². The number of hydrogen-bond acceptors (Lipinski definition) is 6. The molecule has 1 fully saturated rings. The zero-order valence-electron chi connectivity index (χ0n) is 20.5. The van der Waals surface area contributed by atoms with Gasteiger partial charge >= 0.3 is 5.97 Å². The minimum atomic E-state index is -0.806. The van der Waals surface area contributed by atoms with E-state index in [1.54, 1.807) is 26.1 Å². The topological polar surface area (TPSA) is 91.3 Å². The summed E-state index contributed by atoms with van der Waals surface area (Å²) in [6.45, 7) is 9.77. The quantitative estimate of drug-likeness (QED) is 0.299. The van der Waals surface area contributed by atoms with Crippen LogP contribution in [0.5, 0.6) is 0 Å². The number of benzene rings is 2. The molecule has 10 heteroatoms. The highest BCUT2D eigenvalue weighted by atomic mass is 35.5. The molecular formula is C26H28Cl2N4O4. The van der Waals surface area contributed by atoms with Crippen molar-refractivity contribution in [3.05, 3.63) is 71.3 Å². The van der Waals surface area contributed by atoms with Gasteiger partial charge in [-0.15, -0.1) is 0 Å². The monoisotopic (exact) mass is 530 g/mol. The van der Waals surface area contributed by atoms with E-state index < -0.39 is 29.3 Å². The van der Waals surface area contributed by atoms with Gasteiger partial charge in [-0.05, 0) is 42.2 Å². The Balaban J connectivity index is 2.06. The van der Waals surface area contributed by atoms with Gasteiger partial charge in [0.25, 0.3) is 5.91 Å². The number of halogens is 2. The summed E-state index contributed by atoms with van der Waals surface area (Å²) < 4.78 is 4.83. The lowest BCUT2D eigenvalue weighted by molar-refractivity contribution is -0.134. The first-order chi connectivity index (χ1) is 17.1. The Labute approximate surface area is 220 Å². The highest BCUT2D eigenvalue weighted by Gasteiger charge is 2.49. The number of hydrogen-bond donors (Lipinski definition) is 1. The molecule has 0 aromatic heterocycles. The fourth-order valence-electron chi connectivity index (χ4n) is 4.11. The molecule has 3 rings (SSSR count). The highest BCUT2D eigenvalue weighted by molar-refractivity contribution is 6.82. The van der Waals surface area contributed by atoms with E-state index in [9.17, 15) is 14.4 Å². The Hall–Kier alpha value is -3.36. The van der Waals surface area contributed by atoms with Gasteiger partial charge in [0.05, 0.1) is 17.9 Å². The number of amides is 2. The lowest BCUT2D eigenvalue weighted by Gasteiger charge is -2.33. The van der Waals surface area contributed by atoms with E-state index in [1.165, 1.54) is 15.9 Å². The molecule has 0 radical (unpaired) electrons. The Morgan fingerprint density at radius 1 is 1.19 bits per heavy atom. The number of esters is 1. The summed E-state index contributed by atoms with van der Waals surface area (Å²) in [4.78, 5) is 42.3. The molecule has 2 atom stereocenters. The van der Waals surface area contributed by atoms with Crippen LogP contribution in [-0.2, 0) is 14.3 Å². The maximum atomic E-state index is 14.1. The third-order valence-corrected chi connectivity index (χ3v) is 6.26. The van der Waals surface area contributed by atoms with Gasteiger partial charge in [0.2, 0.25) is 11.1 Å². The molecule has 2 aromatic carbocycles. The lowest BCUT2D eigenvalue weighted by Crippen LogP contribution is -2.46. The van der Waals surface area contributed by atoms with Crippen molar-refractivity contribution in [3.8, 4) is 0 Å². The third kappa shape index (κ3) is 5.55. The molecular weight excluding hydrogens is 503 g/mol. The van der Waals surface area contributed by atoms with E-state index in [2.05, 4.69) is 17.1 Å². The van der Waals surface area contributed by atoms with Gasteiger partial charge in [0.1, 0.15) is 12.2 Å². The van der Waals surface area contributed by atoms with Crippen molar-refractivity contribution in [2.24, 2.45) is 11.0 Å². The van der Waals surface area contributed by atoms with Gasteiger partial charge in [-0.2, -0.15) is 5.10 Å². The standard InChI is InChI=1S/C26H28Cl2N4O4/c1-6-36-26(35)22(28)30-29-20-13-12-18(27)14-19(20)24(33)32-21(15(2)3)25(34)31(5)23(32)16(4)17-10-8-7-9-11-17/h7-15,21,23,29H,4,6H2,1-3,5H3/b30-22-/t21-,23+/m0/s1. The van der Waals surface area contributed by atoms with E-state index in [0.29, 0.717) is 10.6 Å². The minimum Gasteiger partial charge on any atom is -0.461 e. The average molecular weight is 531 g/mol. The van der Waals surface area contributed by atoms with Crippen LogP contribution in [-0.4, -0.2) is 58.6 Å². The predicted octanol–water partition coefficient (Wildman–Crippen LogP) is 4.85. The molecule has 190 valence electrons. The summed E-state index contributed by atoms with van der Waals surface area (Å²) in [6, 6.07) is 13.2. The van der Waals surface area contributed by atoms with Gasteiger partial charge in [0, 0.05) is 12.1 Å². The number of ether oxygens (including phenoxy) is 1. The molecule has 0 unspecified atom stereocenters. The summed E-state index contributed by atoms with van der Waals surface area (Å²) >= 11 is 12.2. The molecule has 2 amide bonds. The van der Waals surface area contributed by atoms with Crippen LogP contribution in [0, 0.1) is 5.92 Å². The zero-order chi connectivity index (χ0) is 26.6.